The minimum absolute atomic E-state index is 0.530. The van der Waals surface area contributed by atoms with Gasteiger partial charge in [-0.3, -0.25) is 4.90 Å². The number of hydrogen-bond acceptors (Lipinski definition) is 6. The van der Waals surface area contributed by atoms with E-state index >= 15 is 0 Å². The van der Waals surface area contributed by atoms with Crippen molar-refractivity contribution in [1.29, 1.82) is 0 Å². The fraction of sp³-hybridized carbons (Fsp3) is 0.857. The first-order valence-corrected chi connectivity index (χ1v) is 7.72. The standard InChI is InChI=1S/C14H25N5O/c1-11(19-9-7-18(2)8-10-19)5-6-15-14-16-13(20-17-14)12-3-4-12/h11-12H,3-10H2,1-2H3,(H,15,17). The van der Waals surface area contributed by atoms with Crippen LogP contribution in [0.5, 0.6) is 0 Å². The highest BCUT2D eigenvalue weighted by Crippen LogP contribution is 2.39. The predicted molar refractivity (Wildman–Crippen MR) is 77.9 cm³/mol. The summed E-state index contributed by atoms with van der Waals surface area (Å²) < 4.78 is 5.23. The average Bonchev–Trinajstić information content (AvgIpc) is 3.20. The highest BCUT2D eigenvalue weighted by atomic mass is 16.5. The van der Waals surface area contributed by atoms with Crippen LogP contribution in [0.1, 0.15) is 38.0 Å². The highest BCUT2D eigenvalue weighted by Gasteiger charge is 2.29. The number of aromatic nitrogens is 2. The van der Waals surface area contributed by atoms with Crippen LogP contribution in [0.4, 0.5) is 5.95 Å². The lowest BCUT2D eigenvalue weighted by Gasteiger charge is -2.36. The van der Waals surface area contributed by atoms with E-state index in [0.717, 1.165) is 18.9 Å². The second-order valence-electron chi connectivity index (χ2n) is 6.13. The molecule has 2 heterocycles. The molecule has 1 saturated carbocycles. The van der Waals surface area contributed by atoms with Crippen molar-refractivity contribution < 1.29 is 4.52 Å². The van der Waals surface area contributed by atoms with E-state index in [2.05, 4.69) is 39.2 Å². The van der Waals surface area contributed by atoms with Crippen molar-refractivity contribution in [2.75, 3.05) is 45.1 Å². The third-order valence-corrected chi connectivity index (χ3v) is 4.37. The van der Waals surface area contributed by atoms with Gasteiger partial charge in [0.05, 0.1) is 0 Å². The topological polar surface area (TPSA) is 57.4 Å². The molecular formula is C14H25N5O. The molecule has 0 amide bonds. The lowest BCUT2D eigenvalue weighted by molar-refractivity contribution is 0.116. The van der Waals surface area contributed by atoms with E-state index in [1.54, 1.807) is 0 Å². The van der Waals surface area contributed by atoms with Crippen LogP contribution < -0.4 is 5.32 Å². The van der Waals surface area contributed by atoms with Gasteiger partial charge in [-0.05, 0) is 38.4 Å². The third-order valence-electron chi connectivity index (χ3n) is 4.37. The lowest BCUT2D eigenvalue weighted by atomic mass is 10.1. The summed E-state index contributed by atoms with van der Waals surface area (Å²) in [5.74, 6) is 1.99. The minimum atomic E-state index is 0.530. The van der Waals surface area contributed by atoms with Gasteiger partial charge in [0, 0.05) is 44.7 Å². The highest BCUT2D eigenvalue weighted by molar-refractivity contribution is 5.22. The molecule has 0 spiro atoms. The largest absolute Gasteiger partial charge is 0.352 e. The van der Waals surface area contributed by atoms with Crippen molar-refractivity contribution >= 4 is 5.95 Å². The fourth-order valence-corrected chi connectivity index (χ4v) is 2.64. The number of hydrogen-bond donors (Lipinski definition) is 1. The number of likely N-dealkylation sites (N-methyl/N-ethyl adjacent to an activating group) is 1. The Bertz CT molecular complexity index is 423. The van der Waals surface area contributed by atoms with E-state index in [4.69, 9.17) is 4.52 Å². The van der Waals surface area contributed by atoms with Gasteiger partial charge in [-0.15, -0.1) is 0 Å². The Morgan fingerprint density at radius 2 is 2.05 bits per heavy atom. The van der Waals surface area contributed by atoms with Gasteiger partial charge in [0.1, 0.15) is 0 Å². The molecule has 112 valence electrons. The van der Waals surface area contributed by atoms with E-state index in [1.807, 2.05) is 0 Å². The maximum atomic E-state index is 5.23. The summed E-state index contributed by atoms with van der Waals surface area (Å²) >= 11 is 0. The molecule has 20 heavy (non-hydrogen) atoms. The lowest BCUT2D eigenvalue weighted by Crippen LogP contribution is -2.48. The first-order chi connectivity index (χ1) is 9.72. The Kier molecular flexibility index (Phi) is 4.21. The van der Waals surface area contributed by atoms with E-state index in [-0.39, 0.29) is 0 Å². The number of nitrogens with zero attached hydrogens (tertiary/aromatic N) is 4. The number of nitrogens with one attached hydrogen (secondary N) is 1. The van der Waals surface area contributed by atoms with E-state index in [1.165, 1.54) is 39.0 Å². The molecule has 1 aromatic rings. The van der Waals surface area contributed by atoms with Crippen LogP contribution in [-0.2, 0) is 0 Å². The summed E-state index contributed by atoms with van der Waals surface area (Å²) in [5.41, 5.74) is 0. The van der Waals surface area contributed by atoms with Crippen molar-refractivity contribution in [2.24, 2.45) is 0 Å². The molecule has 6 nitrogen and oxygen atoms in total. The molecule has 1 N–H and O–H groups in total. The number of anilines is 1. The van der Waals surface area contributed by atoms with E-state index in [0.29, 0.717) is 17.9 Å². The zero-order chi connectivity index (χ0) is 13.9. The van der Waals surface area contributed by atoms with Crippen LogP contribution in [0.25, 0.3) is 0 Å². The summed E-state index contributed by atoms with van der Waals surface area (Å²) in [4.78, 5) is 9.33. The van der Waals surface area contributed by atoms with E-state index in [9.17, 15) is 0 Å². The Morgan fingerprint density at radius 3 is 2.75 bits per heavy atom. The van der Waals surface area contributed by atoms with E-state index < -0.39 is 0 Å². The van der Waals surface area contributed by atoms with Crippen LogP contribution in [0.2, 0.25) is 0 Å². The molecule has 2 aliphatic rings. The first kappa shape index (κ1) is 13.8. The molecule has 1 unspecified atom stereocenters. The molecule has 1 atom stereocenters. The van der Waals surface area contributed by atoms with Crippen molar-refractivity contribution in [3.63, 3.8) is 0 Å². The maximum absolute atomic E-state index is 5.23. The Hall–Kier alpha value is -1.14. The minimum Gasteiger partial charge on any atom is -0.352 e. The molecule has 1 aromatic heterocycles. The molecule has 0 radical (unpaired) electrons. The average molecular weight is 279 g/mol. The van der Waals surface area contributed by atoms with Crippen LogP contribution in [0.3, 0.4) is 0 Å². The Morgan fingerprint density at radius 1 is 1.30 bits per heavy atom. The number of rotatable bonds is 6. The quantitative estimate of drug-likeness (QED) is 0.849. The molecule has 3 rings (SSSR count). The van der Waals surface area contributed by atoms with Gasteiger partial charge in [-0.25, -0.2) is 0 Å². The van der Waals surface area contributed by atoms with Gasteiger partial charge in [-0.2, -0.15) is 4.98 Å². The molecule has 2 fully saturated rings. The first-order valence-electron chi connectivity index (χ1n) is 7.72. The van der Waals surface area contributed by atoms with Gasteiger partial charge in [-0.1, -0.05) is 0 Å². The zero-order valence-electron chi connectivity index (χ0n) is 12.5. The van der Waals surface area contributed by atoms with Gasteiger partial charge in [0.2, 0.25) is 5.89 Å². The second-order valence-corrected chi connectivity index (χ2v) is 6.13. The summed E-state index contributed by atoms with van der Waals surface area (Å²) in [6.45, 7) is 7.90. The van der Waals surface area contributed by atoms with Gasteiger partial charge in [0.15, 0.2) is 0 Å². The van der Waals surface area contributed by atoms with Crippen molar-refractivity contribution in [3.8, 4) is 0 Å². The molecule has 6 heteroatoms. The van der Waals surface area contributed by atoms with Crippen LogP contribution in [0.15, 0.2) is 4.52 Å². The smallest absolute Gasteiger partial charge is 0.263 e. The van der Waals surface area contributed by atoms with Crippen LogP contribution in [0, 0.1) is 0 Å². The van der Waals surface area contributed by atoms with Crippen molar-refractivity contribution in [3.05, 3.63) is 5.89 Å². The summed E-state index contributed by atoms with van der Waals surface area (Å²) in [6, 6.07) is 0.603. The SMILES string of the molecule is CC(CCNc1noc(C2CC2)n1)N1CCN(C)CC1. The summed E-state index contributed by atoms with van der Waals surface area (Å²) in [5, 5.41) is 7.25. The summed E-state index contributed by atoms with van der Waals surface area (Å²) in [6.07, 6.45) is 3.50. The third kappa shape index (κ3) is 3.49. The normalized spacial score (nSPS) is 22.9. The van der Waals surface area contributed by atoms with Crippen molar-refractivity contribution in [1.82, 2.24) is 19.9 Å². The predicted octanol–water partition coefficient (Wildman–Crippen LogP) is 1.38. The van der Waals surface area contributed by atoms with Gasteiger partial charge >= 0.3 is 0 Å². The monoisotopic (exact) mass is 279 g/mol. The maximum Gasteiger partial charge on any atom is 0.263 e. The molecule has 1 aliphatic heterocycles. The zero-order valence-corrected chi connectivity index (χ0v) is 12.5. The molecule has 1 aliphatic carbocycles. The fourth-order valence-electron chi connectivity index (χ4n) is 2.64. The molecular weight excluding hydrogens is 254 g/mol. The molecule has 0 aromatic carbocycles. The number of piperazine rings is 1. The second kappa shape index (κ2) is 6.10. The van der Waals surface area contributed by atoms with Crippen LogP contribution >= 0.6 is 0 Å². The van der Waals surface area contributed by atoms with Crippen molar-refractivity contribution in [2.45, 2.75) is 38.1 Å². The Labute approximate surface area is 120 Å². The van der Waals surface area contributed by atoms with Gasteiger partial charge in [0.25, 0.3) is 5.95 Å². The molecule has 1 saturated heterocycles. The Balaban J connectivity index is 1.37. The summed E-state index contributed by atoms with van der Waals surface area (Å²) in [7, 11) is 2.19. The molecule has 0 bridgehead atoms. The van der Waals surface area contributed by atoms with Crippen LogP contribution in [-0.4, -0.2) is 65.8 Å². The van der Waals surface area contributed by atoms with Gasteiger partial charge < -0.3 is 14.7 Å².